The predicted octanol–water partition coefficient (Wildman–Crippen LogP) is 3.55. The molecule has 0 aliphatic heterocycles. The first-order valence-corrected chi connectivity index (χ1v) is 11.0. The summed E-state index contributed by atoms with van der Waals surface area (Å²) < 4.78 is 1.97. The first-order valence-electron chi connectivity index (χ1n) is 11.0. The maximum atomic E-state index is 4.71. The van der Waals surface area contributed by atoms with Crippen LogP contribution in [0.1, 0.15) is 31.7 Å². The van der Waals surface area contributed by atoms with Gasteiger partial charge in [-0.25, -0.2) is 15.0 Å². The largest absolute Gasteiger partial charge is 0.372 e. The van der Waals surface area contributed by atoms with E-state index in [1.165, 1.54) is 5.69 Å². The number of rotatable bonds is 10. The van der Waals surface area contributed by atoms with Gasteiger partial charge in [0.25, 0.3) is 0 Å². The van der Waals surface area contributed by atoms with Gasteiger partial charge in [0.05, 0.1) is 6.54 Å². The minimum atomic E-state index is 0.580. The summed E-state index contributed by atoms with van der Waals surface area (Å²) in [6.45, 7) is 10.5. The highest BCUT2D eigenvalue weighted by Crippen LogP contribution is 2.13. The topological polar surface area (TPSA) is 70.4 Å². The fourth-order valence-corrected chi connectivity index (χ4v) is 3.37. The van der Waals surface area contributed by atoms with Crippen molar-refractivity contribution in [2.45, 2.75) is 33.7 Å². The van der Waals surface area contributed by atoms with Gasteiger partial charge in [-0.1, -0.05) is 24.3 Å². The molecule has 0 radical (unpaired) electrons. The zero-order chi connectivity index (χ0) is 21.9. The van der Waals surface area contributed by atoms with Crippen LogP contribution in [-0.4, -0.2) is 46.7 Å². The predicted molar refractivity (Wildman–Crippen MR) is 128 cm³/mol. The summed E-state index contributed by atoms with van der Waals surface area (Å²) in [4.78, 5) is 15.9. The molecule has 7 nitrogen and oxygen atoms in total. The summed E-state index contributed by atoms with van der Waals surface area (Å²) in [5, 5.41) is 6.76. The van der Waals surface area contributed by atoms with Crippen LogP contribution >= 0.6 is 0 Å². The first-order chi connectivity index (χ1) is 15.2. The van der Waals surface area contributed by atoms with Crippen molar-refractivity contribution in [3.8, 4) is 5.82 Å². The lowest BCUT2D eigenvalue weighted by Crippen LogP contribution is -2.38. The number of hydrogen-bond acceptors (Lipinski definition) is 4. The number of benzene rings is 1. The number of guanidine groups is 1. The Morgan fingerprint density at radius 3 is 2.55 bits per heavy atom. The smallest absolute Gasteiger partial charge is 0.191 e. The van der Waals surface area contributed by atoms with E-state index in [0.29, 0.717) is 6.54 Å². The molecular weight excluding hydrogens is 386 g/mol. The van der Waals surface area contributed by atoms with E-state index < -0.39 is 0 Å². The molecule has 0 aliphatic rings. The second-order valence-electron chi connectivity index (χ2n) is 7.26. The van der Waals surface area contributed by atoms with Crippen LogP contribution in [0.4, 0.5) is 5.69 Å². The molecule has 0 aliphatic carbocycles. The Labute approximate surface area is 185 Å². The molecule has 3 rings (SSSR count). The zero-order valence-corrected chi connectivity index (χ0v) is 18.8. The molecule has 0 saturated heterocycles. The molecule has 2 N–H and O–H groups in total. The molecule has 31 heavy (non-hydrogen) atoms. The van der Waals surface area contributed by atoms with Crippen LogP contribution < -0.4 is 15.5 Å². The summed E-state index contributed by atoms with van der Waals surface area (Å²) in [7, 11) is 0. The summed E-state index contributed by atoms with van der Waals surface area (Å²) in [6, 6.07) is 14.6. The number of imidazole rings is 1. The molecule has 0 atom stereocenters. The van der Waals surface area contributed by atoms with Crippen molar-refractivity contribution < 1.29 is 0 Å². The molecule has 0 amide bonds. The van der Waals surface area contributed by atoms with Gasteiger partial charge in [0, 0.05) is 50.5 Å². The van der Waals surface area contributed by atoms with Crippen molar-refractivity contribution >= 4 is 11.6 Å². The molecule has 2 heterocycles. The third kappa shape index (κ3) is 6.57. The van der Waals surface area contributed by atoms with Crippen molar-refractivity contribution in [1.82, 2.24) is 25.2 Å². The maximum Gasteiger partial charge on any atom is 0.191 e. The van der Waals surface area contributed by atoms with E-state index in [0.717, 1.165) is 55.8 Å². The molecule has 0 bridgehead atoms. The van der Waals surface area contributed by atoms with Gasteiger partial charge >= 0.3 is 0 Å². The standard InChI is InChI=1S/C24H33N7/c1-4-25-24(27-14-9-16-30(5-2)22-10-7-6-8-11-22)29-19-21-12-13-23(28-18-21)31-17-15-26-20(31)3/h6-8,10-13,15,17-18H,4-5,9,14,16,19H2,1-3H3,(H2,25,27,29). The normalized spacial score (nSPS) is 11.4. The average molecular weight is 420 g/mol. The highest BCUT2D eigenvalue weighted by molar-refractivity contribution is 5.79. The minimum Gasteiger partial charge on any atom is -0.372 e. The number of nitrogens with zero attached hydrogens (tertiary/aromatic N) is 5. The third-order valence-electron chi connectivity index (χ3n) is 5.05. The monoisotopic (exact) mass is 419 g/mol. The van der Waals surface area contributed by atoms with Crippen LogP contribution in [-0.2, 0) is 6.54 Å². The van der Waals surface area contributed by atoms with Crippen LogP contribution in [0.25, 0.3) is 5.82 Å². The Morgan fingerprint density at radius 2 is 1.90 bits per heavy atom. The number of pyridine rings is 1. The van der Waals surface area contributed by atoms with E-state index in [-0.39, 0.29) is 0 Å². The molecule has 164 valence electrons. The Balaban J connectivity index is 1.50. The lowest BCUT2D eigenvalue weighted by molar-refractivity contribution is 0.709. The average Bonchev–Trinajstić information content (AvgIpc) is 3.24. The number of aromatic nitrogens is 3. The van der Waals surface area contributed by atoms with Crippen LogP contribution in [0.5, 0.6) is 0 Å². The van der Waals surface area contributed by atoms with E-state index in [1.807, 2.05) is 30.0 Å². The van der Waals surface area contributed by atoms with Gasteiger partial charge in [0.2, 0.25) is 0 Å². The lowest BCUT2D eigenvalue weighted by atomic mass is 10.2. The first kappa shape index (κ1) is 22.3. The van der Waals surface area contributed by atoms with Crippen LogP contribution in [0.3, 0.4) is 0 Å². The van der Waals surface area contributed by atoms with Gasteiger partial charge in [-0.05, 0) is 51.0 Å². The van der Waals surface area contributed by atoms with Gasteiger partial charge in [0.15, 0.2) is 5.96 Å². The highest BCUT2D eigenvalue weighted by atomic mass is 15.2. The SMILES string of the molecule is CCNC(=NCc1ccc(-n2ccnc2C)nc1)NCCCN(CC)c1ccccc1. The number of aryl methyl sites for hydroxylation is 1. The quantitative estimate of drug-likeness (QED) is 0.299. The fraction of sp³-hybridized carbons (Fsp3) is 0.375. The van der Waals surface area contributed by atoms with Crippen molar-refractivity contribution in [2.24, 2.45) is 4.99 Å². The molecule has 2 aromatic heterocycles. The highest BCUT2D eigenvalue weighted by Gasteiger charge is 2.05. The van der Waals surface area contributed by atoms with E-state index in [1.54, 1.807) is 6.20 Å². The Morgan fingerprint density at radius 1 is 1.06 bits per heavy atom. The van der Waals surface area contributed by atoms with Crippen molar-refractivity contribution in [2.75, 3.05) is 31.1 Å². The molecule has 3 aromatic rings. The molecule has 0 saturated carbocycles. The Hall–Kier alpha value is -3.35. The maximum absolute atomic E-state index is 4.71. The van der Waals surface area contributed by atoms with E-state index in [9.17, 15) is 0 Å². The molecule has 0 fully saturated rings. The molecular formula is C24H33N7. The summed E-state index contributed by atoms with van der Waals surface area (Å²) in [6.07, 6.45) is 6.61. The van der Waals surface area contributed by atoms with Gasteiger partial charge in [0.1, 0.15) is 11.6 Å². The van der Waals surface area contributed by atoms with E-state index in [4.69, 9.17) is 4.99 Å². The number of aliphatic imine (C=N–C) groups is 1. The van der Waals surface area contributed by atoms with E-state index in [2.05, 4.69) is 75.7 Å². The van der Waals surface area contributed by atoms with Gasteiger partial charge in [-0.2, -0.15) is 0 Å². The molecule has 0 spiro atoms. The molecule has 0 unspecified atom stereocenters. The fourth-order valence-electron chi connectivity index (χ4n) is 3.37. The van der Waals surface area contributed by atoms with Crippen molar-refractivity contribution in [1.29, 1.82) is 0 Å². The summed E-state index contributed by atoms with van der Waals surface area (Å²) in [5.41, 5.74) is 2.34. The molecule has 1 aromatic carbocycles. The van der Waals surface area contributed by atoms with Gasteiger partial charge in [-0.3, -0.25) is 4.57 Å². The number of hydrogen-bond donors (Lipinski definition) is 2. The second-order valence-corrected chi connectivity index (χ2v) is 7.26. The number of para-hydroxylation sites is 1. The minimum absolute atomic E-state index is 0.580. The van der Waals surface area contributed by atoms with Gasteiger partial charge < -0.3 is 15.5 Å². The lowest BCUT2D eigenvalue weighted by Gasteiger charge is -2.23. The zero-order valence-electron chi connectivity index (χ0n) is 18.8. The van der Waals surface area contributed by atoms with Crippen LogP contribution in [0.2, 0.25) is 0 Å². The van der Waals surface area contributed by atoms with Crippen LogP contribution in [0.15, 0.2) is 66.0 Å². The number of nitrogens with one attached hydrogen (secondary N) is 2. The van der Waals surface area contributed by atoms with Gasteiger partial charge in [-0.15, -0.1) is 0 Å². The number of anilines is 1. The third-order valence-corrected chi connectivity index (χ3v) is 5.05. The van der Waals surface area contributed by atoms with E-state index >= 15 is 0 Å². The summed E-state index contributed by atoms with van der Waals surface area (Å²) in [5.74, 6) is 2.62. The molecule has 7 heteroatoms. The second kappa shape index (κ2) is 11.7. The Bertz CT molecular complexity index is 932. The van der Waals surface area contributed by atoms with Crippen molar-refractivity contribution in [3.63, 3.8) is 0 Å². The Kier molecular flexibility index (Phi) is 8.46. The summed E-state index contributed by atoms with van der Waals surface area (Å²) >= 11 is 0. The van der Waals surface area contributed by atoms with Crippen LogP contribution in [0, 0.1) is 6.92 Å². The van der Waals surface area contributed by atoms with Crippen molar-refractivity contribution in [3.05, 3.63) is 72.4 Å².